The van der Waals surface area contributed by atoms with Gasteiger partial charge in [0.1, 0.15) is 5.82 Å². The summed E-state index contributed by atoms with van der Waals surface area (Å²) in [6, 6.07) is 10.2. The van der Waals surface area contributed by atoms with Gasteiger partial charge in [0.15, 0.2) is 5.11 Å². The van der Waals surface area contributed by atoms with Gasteiger partial charge in [-0.3, -0.25) is 0 Å². The van der Waals surface area contributed by atoms with Crippen molar-refractivity contribution < 1.29 is 4.39 Å². The molecule has 2 aromatic rings. The average molecular weight is 374 g/mol. The van der Waals surface area contributed by atoms with Crippen molar-refractivity contribution in [1.82, 2.24) is 0 Å². The second kappa shape index (κ2) is 6.52. The molecule has 104 valence electrons. The van der Waals surface area contributed by atoms with Crippen LogP contribution in [0.25, 0.3) is 0 Å². The molecule has 0 aliphatic carbocycles. The van der Waals surface area contributed by atoms with Gasteiger partial charge < -0.3 is 10.6 Å². The molecule has 0 radical (unpaired) electrons. The molecule has 0 bridgehead atoms. The van der Waals surface area contributed by atoms with E-state index in [0.717, 1.165) is 11.3 Å². The van der Waals surface area contributed by atoms with Gasteiger partial charge in [0.2, 0.25) is 0 Å². The minimum atomic E-state index is -0.384. The first-order valence-corrected chi connectivity index (χ1v) is 7.33. The first-order valence-electron chi connectivity index (χ1n) is 5.75. The number of hydrogen-bond donors (Lipinski definition) is 2. The molecule has 0 spiro atoms. The highest BCUT2D eigenvalue weighted by Crippen LogP contribution is 2.22. The molecule has 0 fully saturated rings. The Labute approximate surface area is 135 Å². The summed E-state index contributed by atoms with van der Waals surface area (Å²) in [6.45, 7) is 1.92. The fourth-order valence-electron chi connectivity index (χ4n) is 1.55. The van der Waals surface area contributed by atoms with E-state index in [1.807, 2.05) is 19.1 Å². The Morgan fingerprint density at radius 3 is 2.60 bits per heavy atom. The first-order chi connectivity index (χ1) is 9.45. The van der Waals surface area contributed by atoms with Crippen molar-refractivity contribution in [3.05, 3.63) is 57.3 Å². The first kappa shape index (κ1) is 15.2. The number of anilines is 2. The van der Waals surface area contributed by atoms with Crippen molar-refractivity contribution in [1.29, 1.82) is 0 Å². The molecular formula is C14H11BrClFN2S. The summed E-state index contributed by atoms with van der Waals surface area (Å²) in [5, 5.41) is 6.70. The topological polar surface area (TPSA) is 24.1 Å². The van der Waals surface area contributed by atoms with Gasteiger partial charge in [-0.05, 0) is 55.0 Å². The molecule has 0 aliphatic rings. The van der Waals surface area contributed by atoms with Crippen LogP contribution in [0.1, 0.15) is 5.56 Å². The second-order valence-electron chi connectivity index (χ2n) is 4.17. The summed E-state index contributed by atoms with van der Waals surface area (Å²) in [5.41, 5.74) is 2.04. The predicted octanol–water partition coefficient (Wildman–Crippen LogP) is 5.36. The highest BCUT2D eigenvalue weighted by atomic mass is 79.9. The monoisotopic (exact) mass is 372 g/mol. The molecule has 0 saturated heterocycles. The molecule has 2 nitrogen and oxygen atoms in total. The summed E-state index contributed by atoms with van der Waals surface area (Å²) in [6.07, 6.45) is 0. The molecule has 0 aromatic heterocycles. The fraction of sp³-hybridized carbons (Fsp3) is 0.0714. The Balaban J connectivity index is 2.07. The van der Waals surface area contributed by atoms with Crippen molar-refractivity contribution in [2.75, 3.05) is 10.6 Å². The lowest BCUT2D eigenvalue weighted by Crippen LogP contribution is -2.19. The smallest absolute Gasteiger partial charge is 0.175 e. The highest BCUT2D eigenvalue weighted by molar-refractivity contribution is 9.10. The van der Waals surface area contributed by atoms with Gasteiger partial charge in [0.05, 0.1) is 5.69 Å². The summed E-state index contributed by atoms with van der Waals surface area (Å²) >= 11 is 14.4. The summed E-state index contributed by atoms with van der Waals surface area (Å²) in [7, 11) is 0. The van der Waals surface area contributed by atoms with Crippen molar-refractivity contribution in [2.24, 2.45) is 0 Å². The van der Waals surface area contributed by atoms with Crippen molar-refractivity contribution >= 4 is 56.2 Å². The maximum absolute atomic E-state index is 13.7. The molecular weight excluding hydrogens is 363 g/mol. The number of rotatable bonds is 2. The van der Waals surface area contributed by atoms with Gasteiger partial charge in [-0.1, -0.05) is 33.6 Å². The van der Waals surface area contributed by atoms with E-state index in [1.54, 1.807) is 18.2 Å². The molecule has 2 rings (SSSR count). The zero-order valence-corrected chi connectivity index (χ0v) is 13.7. The van der Waals surface area contributed by atoms with Crippen LogP contribution in [0.4, 0.5) is 15.8 Å². The Morgan fingerprint density at radius 1 is 1.20 bits per heavy atom. The van der Waals surface area contributed by atoms with Crippen molar-refractivity contribution in [2.45, 2.75) is 6.92 Å². The number of hydrogen-bond acceptors (Lipinski definition) is 1. The third-order valence-electron chi connectivity index (χ3n) is 2.61. The molecule has 20 heavy (non-hydrogen) atoms. The Kier molecular flexibility index (Phi) is 4.96. The number of benzene rings is 2. The second-order valence-corrected chi connectivity index (χ2v) is 5.90. The van der Waals surface area contributed by atoms with Crippen molar-refractivity contribution in [3.8, 4) is 0 Å². The summed E-state index contributed by atoms with van der Waals surface area (Å²) in [4.78, 5) is 0. The molecule has 0 unspecified atom stereocenters. The molecule has 6 heteroatoms. The maximum Gasteiger partial charge on any atom is 0.175 e. The van der Waals surface area contributed by atoms with E-state index in [1.165, 1.54) is 6.07 Å². The van der Waals surface area contributed by atoms with Crippen LogP contribution in [-0.2, 0) is 0 Å². The largest absolute Gasteiger partial charge is 0.332 e. The van der Waals surface area contributed by atoms with E-state index >= 15 is 0 Å². The SMILES string of the molecule is Cc1ccc(NC(=S)Nc2ccc(Br)cc2F)cc1Cl. The number of aryl methyl sites for hydroxylation is 1. The quantitative estimate of drug-likeness (QED) is 0.693. The Bertz CT molecular complexity index is 664. The molecule has 2 N–H and O–H groups in total. The molecule has 0 aliphatic heterocycles. The van der Waals surface area contributed by atoms with E-state index in [9.17, 15) is 4.39 Å². The number of nitrogens with one attached hydrogen (secondary N) is 2. The predicted molar refractivity (Wildman–Crippen MR) is 90.1 cm³/mol. The molecule has 0 atom stereocenters. The average Bonchev–Trinajstić information content (AvgIpc) is 2.37. The third kappa shape index (κ3) is 3.91. The van der Waals surface area contributed by atoms with Crippen LogP contribution in [0.5, 0.6) is 0 Å². The summed E-state index contributed by atoms with van der Waals surface area (Å²) in [5.74, 6) is -0.384. The van der Waals surface area contributed by atoms with Gasteiger partial charge in [-0.15, -0.1) is 0 Å². The van der Waals surface area contributed by atoms with Crippen LogP contribution in [0.15, 0.2) is 40.9 Å². The van der Waals surface area contributed by atoms with E-state index in [4.69, 9.17) is 23.8 Å². The van der Waals surface area contributed by atoms with E-state index < -0.39 is 0 Å². The van der Waals surface area contributed by atoms with Crippen LogP contribution in [-0.4, -0.2) is 5.11 Å². The normalized spacial score (nSPS) is 10.2. The van der Waals surface area contributed by atoms with Gasteiger partial charge in [-0.2, -0.15) is 0 Å². The minimum Gasteiger partial charge on any atom is -0.332 e. The lowest BCUT2D eigenvalue weighted by Gasteiger charge is -2.12. The molecule has 0 saturated carbocycles. The standard InChI is InChI=1S/C14H11BrClFN2S/c1-8-2-4-10(7-11(8)16)18-14(20)19-13-5-3-9(15)6-12(13)17/h2-7H,1H3,(H2,18,19,20). The molecule has 2 aromatic carbocycles. The fourth-order valence-corrected chi connectivity index (χ4v) is 2.29. The molecule has 0 amide bonds. The zero-order valence-electron chi connectivity index (χ0n) is 10.5. The lowest BCUT2D eigenvalue weighted by atomic mass is 10.2. The van der Waals surface area contributed by atoms with Crippen LogP contribution in [0.2, 0.25) is 5.02 Å². The van der Waals surface area contributed by atoms with E-state index in [-0.39, 0.29) is 5.82 Å². The third-order valence-corrected chi connectivity index (χ3v) is 3.71. The van der Waals surface area contributed by atoms with Crippen LogP contribution in [0, 0.1) is 12.7 Å². The summed E-state index contributed by atoms with van der Waals surface area (Å²) < 4.78 is 14.3. The minimum absolute atomic E-state index is 0.297. The highest BCUT2D eigenvalue weighted by Gasteiger charge is 2.05. The Morgan fingerprint density at radius 2 is 1.95 bits per heavy atom. The van der Waals surface area contributed by atoms with Gasteiger partial charge >= 0.3 is 0 Å². The van der Waals surface area contributed by atoms with Gasteiger partial charge in [0, 0.05) is 15.2 Å². The van der Waals surface area contributed by atoms with Gasteiger partial charge in [-0.25, -0.2) is 4.39 Å². The van der Waals surface area contributed by atoms with Crippen LogP contribution < -0.4 is 10.6 Å². The van der Waals surface area contributed by atoms with Crippen LogP contribution >= 0.6 is 39.7 Å². The van der Waals surface area contributed by atoms with E-state index in [0.29, 0.717) is 20.3 Å². The Hall–Kier alpha value is -1.17. The molecule has 0 heterocycles. The zero-order chi connectivity index (χ0) is 14.7. The lowest BCUT2D eigenvalue weighted by molar-refractivity contribution is 0.631. The van der Waals surface area contributed by atoms with E-state index in [2.05, 4.69) is 26.6 Å². The number of halogens is 3. The van der Waals surface area contributed by atoms with Crippen molar-refractivity contribution in [3.63, 3.8) is 0 Å². The van der Waals surface area contributed by atoms with Gasteiger partial charge in [0.25, 0.3) is 0 Å². The number of thiocarbonyl (C=S) groups is 1. The maximum atomic E-state index is 13.7. The van der Waals surface area contributed by atoms with Crippen LogP contribution in [0.3, 0.4) is 0 Å².